The van der Waals surface area contributed by atoms with Gasteiger partial charge in [0.15, 0.2) is 0 Å². The van der Waals surface area contributed by atoms with Crippen molar-refractivity contribution in [1.29, 1.82) is 0 Å². The number of nitrogens with zero attached hydrogens (tertiary/aromatic N) is 2. The molecule has 14 heteroatoms. The maximum absolute atomic E-state index is 13.0. The number of esters is 2. The number of benzene rings is 2. The highest BCUT2D eigenvalue weighted by molar-refractivity contribution is 7.89. The Morgan fingerprint density at radius 3 is 2.43 bits per heavy atom. The highest BCUT2D eigenvalue weighted by Crippen LogP contribution is 2.28. The number of carbonyl (C=O) groups is 3. The number of alkyl halides is 3. The predicted octanol–water partition coefficient (Wildman–Crippen LogP) is 2.93. The molecule has 0 spiro atoms. The number of nitrogens with one attached hydrogen (secondary N) is 1. The molecule has 1 heterocycles. The lowest BCUT2D eigenvalue weighted by Gasteiger charge is -2.24. The number of carbonyl (C=O) groups excluding carboxylic acids is 3. The van der Waals surface area contributed by atoms with Gasteiger partial charge in [0.2, 0.25) is 10.0 Å². The molecule has 10 nitrogen and oxygen atoms in total. The Bertz CT molecular complexity index is 1410. The molecule has 3 unspecified atom stereocenters. The first kappa shape index (κ1) is 27.8. The number of fused-ring (bicyclic) bond motifs is 1. The van der Waals surface area contributed by atoms with E-state index >= 15 is 0 Å². The number of rotatable bonds is 10. The van der Waals surface area contributed by atoms with Crippen LogP contribution in [0.1, 0.15) is 26.3 Å². The van der Waals surface area contributed by atoms with Gasteiger partial charge in [-0.2, -0.15) is 13.2 Å². The van der Waals surface area contributed by atoms with Gasteiger partial charge in [-0.05, 0) is 38.1 Å². The minimum Gasteiger partial charge on any atom is -0.487 e. The van der Waals surface area contributed by atoms with Crippen LogP contribution >= 0.6 is 0 Å². The zero-order chi connectivity index (χ0) is 27.4. The molecule has 0 aliphatic rings. The van der Waals surface area contributed by atoms with Crippen molar-refractivity contribution in [3.05, 3.63) is 54.9 Å². The molecule has 1 N–H and O–H groups in total. The molecular weight excluding hydrogens is 519 g/mol. The van der Waals surface area contributed by atoms with Gasteiger partial charge in [-0.15, -0.1) is 0 Å². The number of halogens is 3. The van der Waals surface area contributed by atoms with Crippen LogP contribution in [0.2, 0.25) is 0 Å². The Labute approximate surface area is 209 Å². The lowest BCUT2D eigenvalue weighted by Crippen LogP contribution is -2.39. The fourth-order valence-electron chi connectivity index (χ4n) is 3.36. The van der Waals surface area contributed by atoms with Crippen molar-refractivity contribution in [3.8, 4) is 5.75 Å². The summed E-state index contributed by atoms with van der Waals surface area (Å²) in [5.41, 5.74) is 1.61. The van der Waals surface area contributed by atoms with Gasteiger partial charge in [0.1, 0.15) is 23.0 Å². The second-order valence-corrected chi connectivity index (χ2v) is 9.66. The van der Waals surface area contributed by atoms with Crippen molar-refractivity contribution in [2.24, 2.45) is 0 Å². The van der Waals surface area contributed by atoms with Gasteiger partial charge in [0, 0.05) is 0 Å². The monoisotopic (exact) mass is 541 g/mol. The van der Waals surface area contributed by atoms with Gasteiger partial charge in [0.05, 0.1) is 35.9 Å². The fraction of sp³-hybridized carbons (Fsp3) is 0.304. The third-order valence-corrected chi connectivity index (χ3v) is 6.88. The number of sulfonamides is 1. The van der Waals surface area contributed by atoms with E-state index in [1.165, 1.54) is 24.3 Å². The lowest BCUT2D eigenvalue weighted by molar-refractivity contribution is -0.202. The Morgan fingerprint density at radius 1 is 1.11 bits per heavy atom. The van der Waals surface area contributed by atoms with Gasteiger partial charge >= 0.3 is 18.1 Å². The summed E-state index contributed by atoms with van der Waals surface area (Å²) in [5, 5.41) is 0. The summed E-state index contributed by atoms with van der Waals surface area (Å²) < 4.78 is 76.1. The highest BCUT2D eigenvalue weighted by atomic mass is 32.2. The van der Waals surface area contributed by atoms with Crippen LogP contribution in [-0.4, -0.2) is 54.5 Å². The molecule has 0 fully saturated rings. The number of aldehydes is 1. The van der Waals surface area contributed by atoms with Gasteiger partial charge < -0.3 is 18.8 Å². The zero-order valence-corrected chi connectivity index (χ0v) is 20.3. The molecule has 3 atom stereocenters. The van der Waals surface area contributed by atoms with Crippen LogP contribution in [0.3, 0.4) is 0 Å². The fourth-order valence-corrected chi connectivity index (χ4v) is 4.66. The number of ether oxygens (including phenoxy) is 2. The largest absolute Gasteiger partial charge is 0.491 e. The normalized spacial score (nSPS) is 14.5. The molecule has 3 rings (SSSR count). The molecule has 0 radical (unpaired) electrons. The van der Waals surface area contributed by atoms with Crippen LogP contribution in [0.25, 0.3) is 11.0 Å². The van der Waals surface area contributed by atoms with Crippen LogP contribution < -0.4 is 9.46 Å². The first-order chi connectivity index (χ1) is 17.3. The predicted molar refractivity (Wildman–Crippen MR) is 123 cm³/mol. The number of hydrogen-bond acceptors (Lipinski definition) is 8. The van der Waals surface area contributed by atoms with E-state index in [0.29, 0.717) is 0 Å². The average Bonchev–Trinajstić information content (AvgIpc) is 3.26. The van der Waals surface area contributed by atoms with Crippen LogP contribution in [0.5, 0.6) is 5.75 Å². The number of para-hydroxylation sites is 3. The maximum atomic E-state index is 13.0. The minimum absolute atomic E-state index is 0.00476. The quantitative estimate of drug-likeness (QED) is 0.235. The molecule has 37 heavy (non-hydrogen) atoms. The molecule has 0 saturated heterocycles. The molecule has 198 valence electrons. The maximum Gasteiger partial charge on any atom is 0.491 e. The number of hydrogen-bond donors (Lipinski definition) is 1. The second-order valence-electron chi connectivity index (χ2n) is 7.98. The van der Waals surface area contributed by atoms with Crippen LogP contribution in [0, 0.1) is 0 Å². The van der Waals surface area contributed by atoms with E-state index in [0.717, 1.165) is 11.0 Å². The van der Waals surface area contributed by atoms with E-state index in [9.17, 15) is 36.0 Å². The summed E-state index contributed by atoms with van der Waals surface area (Å²) in [7, 11) is -4.50. The summed E-state index contributed by atoms with van der Waals surface area (Å²) in [6, 6.07) is 10.8. The molecule has 0 bridgehead atoms. The summed E-state index contributed by atoms with van der Waals surface area (Å²) >= 11 is 0. The Balaban J connectivity index is 1.75. The van der Waals surface area contributed by atoms with E-state index in [4.69, 9.17) is 4.74 Å². The van der Waals surface area contributed by atoms with Crippen molar-refractivity contribution in [2.45, 2.75) is 49.5 Å². The van der Waals surface area contributed by atoms with Crippen molar-refractivity contribution in [1.82, 2.24) is 14.3 Å². The van der Waals surface area contributed by atoms with Crippen molar-refractivity contribution < 1.29 is 45.4 Å². The summed E-state index contributed by atoms with van der Waals surface area (Å²) in [4.78, 5) is 37.7. The van der Waals surface area contributed by atoms with Crippen molar-refractivity contribution in [2.75, 3.05) is 0 Å². The Kier molecular flexibility index (Phi) is 8.33. The average molecular weight is 542 g/mol. The number of aromatic nitrogens is 2. The first-order valence-electron chi connectivity index (χ1n) is 10.8. The van der Waals surface area contributed by atoms with E-state index < -0.39 is 46.7 Å². The van der Waals surface area contributed by atoms with E-state index in [1.54, 1.807) is 13.3 Å². The molecule has 2 aromatic carbocycles. The highest BCUT2D eigenvalue weighted by Gasteiger charge is 2.42. The standard InChI is InChI=1S/C23H22F3N3O7S/c1-14(29-13-27-17-7-3-4-8-18(17)29)15(2)35-19-9-5-6-10-20(19)37(33,34)28-16(12-30)11-21(31)36-22(32)23(24,25)26/h3-10,12-16,28H,11H2,1-2H3. The summed E-state index contributed by atoms with van der Waals surface area (Å²) in [5.74, 6) is -4.59. The van der Waals surface area contributed by atoms with Crippen molar-refractivity contribution in [3.63, 3.8) is 0 Å². The molecule has 0 amide bonds. The lowest BCUT2D eigenvalue weighted by atomic mass is 10.2. The van der Waals surface area contributed by atoms with E-state index in [1.807, 2.05) is 40.5 Å². The molecule has 3 aromatic rings. The van der Waals surface area contributed by atoms with Gasteiger partial charge in [0.25, 0.3) is 0 Å². The Hall–Kier alpha value is -3.78. The second kappa shape index (κ2) is 11.1. The van der Waals surface area contributed by atoms with Crippen LogP contribution in [0.4, 0.5) is 13.2 Å². The molecular formula is C23H22F3N3O7S. The first-order valence-corrected chi connectivity index (χ1v) is 12.3. The summed E-state index contributed by atoms with van der Waals surface area (Å²) in [6.07, 6.45) is -5.52. The molecule has 0 saturated carbocycles. The molecule has 1 aromatic heterocycles. The summed E-state index contributed by atoms with van der Waals surface area (Å²) in [6.45, 7) is 3.57. The van der Waals surface area contributed by atoms with E-state index in [2.05, 4.69) is 9.72 Å². The van der Waals surface area contributed by atoms with Crippen molar-refractivity contribution >= 4 is 39.3 Å². The topological polar surface area (TPSA) is 134 Å². The Morgan fingerprint density at radius 2 is 1.76 bits per heavy atom. The third-order valence-electron chi connectivity index (χ3n) is 5.35. The van der Waals surface area contributed by atoms with Gasteiger partial charge in [-0.3, -0.25) is 4.79 Å². The van der Waals surface area contributed by atoms with Gasteiger partial charge in [-0.1, -0.05) is 24.3 Å². The van der Waals surface area contributed by atoms with Crippen LogP contribution in [-0.2, 0) is 29.1 Å². The molecule has 0 aliphatic heterocycles. The number of imidazole rings is 1. The minimum atomic E-state index is -5.43. The van der Waals surface area contributed by atoms with E-state index in [-0.39, 0.29) is 23.0 Å². The smallest absolute Gasteiger partial charge is 0.487 e. The zero-order valence-electron chi connectivity index (χ0n) is 19.5. The SMILES string of the molecule is CC(Oc1ccccc1S(=O)(=O)NC(C=O)CC(=O)OC(=O)C(F)(F)F)C(C)n1cnc2ccccc21. The third kappa shape index (κ3) is 6.71. The van der Waals surface area contributed by atoms with Crippen LogP contribution in [0.15, 0.2) is 59.8 Å². The van der Waals surface area contributed by atoms with Gasteiger partial charge in [-0.25, -0.2) is 22.9 Å². The molecule has 0 aliphatic carbocycles.